The van der Waals surface area contributed by atoms with Gasteiger partial charge in [-0.25, -0.2) is 0 Å². The van der Waals surface area contributed by atoms with Crippen LogP contribution < -0.4 is 5.73 Å². The molecule has 0 aliphatic carbocycles. The number of rotatable bonds is 6. The first-order chi connectivity index (χ1) is 16.9. The van der Waals surface area contributed by atoms with Crippen molar-refractivity contribution in [3.8, 4) is 0 Å². The van der Waals surface area contributed by atoms with E-state index >= 15 is 0 Å². The smallest absolute Gasteiger partial charge is 0.0480 e. The molecule has 1 unspecified atom stereocenters. The molecule has 2 nitrogen and oxygen atoms in total. The fraction of sp³-hybridized carbons (Fsp3) is 0.250. The molecule has 0 aliphatic heterocycles. The number of fused-ring (bicyclic) bond motifs is 1. The van der Waals surface area contributed by atoms with Crippen molar-refractivity contribution in [3.63, 3.8) is 0 Å². The van der Waals surface area contributed by atoms with Gasteiger partial charge < -0.3 is 10.3 Å². The molecular formula is C32H41N2P. The summed E-state index contributed by atoms with van der Waals surface area (Å²) in [5, 5.41) is 1.33. The highest BCUT2D eigenvalue weighted by Gasteiger charge is 2.08. The number of aromatic nitrogens is 1. The summed E-state index contributed by atoms with van der Waals surface area (Å²) in [6, 6.07) is 25.5. The summed E-state index contributed by atoms with van der Waals surface area (Å²) in [6.07, 6.45) is 6.55. The van der Waals surface area contributed by atoms with Crippen LogP contribution in [0.1, 0.15) is 41.7 Å². The predicted molar refractivity (Wildman–Crippen MR) is 160 cm³/mol. The lowest BCUT2D eigenvalue weighted by atomic mass is 9.94. The summed E-state index contributed by atoms with van der Waals surface area (Å²) in [6.45, 7) is 13.1. The van der Waals surface area contributed by atoms with Crippen molar-refractivity contribution in [2.75, 3.05) is 6.66 Å². The topological polar surface area (TPSA) is 30.9 Å². The lowest BCUT2D eigenvalue weighted by molar-refractivity contribution is 0.960. The summed E-state index contributed by atoms with van der Waals surface area (Å²) in [5.74, 6) is 0. The van der Waals surface area contributed by atoms with Gasteiger partial charge in [-0.2, -0.15) is 0 Å². The normalized spacial score (nSPS) is 10.8. The molecule has 3 heteroatoms. The second kappa shape index (κ2) is 14.5. The van der Waals surface area contributed by atoms with Crippen molar-refractivity contribution in [1.29, 1.82) is 0 Å². The number of para-hydroxylation sites is 1. The molecule has 0 fully saturated rings. The van der Waals surface area contributed by atoms with Gasteiger partial charge in [0.2, 0.25) is 0 Å². The third kappa shape index (κ3) is 7.79. The minimum Gasteiger partial charge on any atom is -0.350 e. The van der Waals surface area contributed by atoms with E-state index in [0.717, 1.165) is 18.4 Å². The summed E-state index contributed by atoms with van der Waals surface area (Å²) in [7, 11) is 4.52. The summed E-state index contributed by atoms with van der Waals surface area (Å²) >= 11 is 0. The van der Waals surface area contributed by atoms with Crippen molar-refractivity contribution in [2.45, 2.75) is 40.2 Å². The molecule has 0 bridgehead atoms. The van der Waals surface area contributed by atoms with Gasteiger partial charge in [-0.3, -0.25) is 0 Å². The van der Waals surface area contributed by atoms with E-state index in [-0.39, 0.29) is 0 Å². The molecule has 1 aromatic heterocycles. The molecular weight excluding hydrogens is 443 g/mol. The highest BCUT2D eigenvalue weighted by Crippen LogP contribution is 2.27. The van der Waals surface area contributed by atoms with Crippen molar-refractivity contribution in [3.05, 3.63) is 125 Å². The molecule has 0 saturated carbocycles. The third-order valence-electron chi connectivity index (χ3n) is 6.04. The van der Waals surface area contributed by atoms with Crippen LogP contribution in [0, 0.1) is 6.92 Å². The Hall–Kier alpha value is -2.93. The molecule has 184 valence electrons. The number of aryl methyl sites for hydroxylation is 3. The van der Waals surface area contributed by atoms with Crippen molar-refractivity contribution in [2.24, 2.45) is 12.8 Å². The van der Waals surface area contributed by atoms with Gasteiger partial charge in [-0.1, -0.05) is 98.5 Å². The molecule has 1 heterocycles. The van der Waals surface area contributed by atoms with Gasteiger partial charge in [0.25, 0.3) is 0 Å². The quantitative estimate of drug-likeness (QED) is 0.219. The molecule has 4 aromatic rings. The summed E-state index contributed by atoms with van der Waals surface area (Å²) < 4.78 is 2.20. The molecule has 0 saturated heterocycles. The molecule has 0 spiro atoms. The average molecular weight is 485 g/mol. The van der Waals surface area contributed by atoms with E-state index in [1.165, 1.54) is 44.3 Å². The van der Waals surface area contributed by atoms with E-state index in [1.54, 1.807) is 0 Å². The average Bonchev–Trinajstić information content (AvgIpc) is 3.22. The second-order valence-electron chi connectivity index (χ2n) is 8.58. The van der Waals surface area contributed by atoms with E-state index in [4.69, 9.17) is 5.73 Å². The van der Waals surface area contributed by atoms with Gasteiger partial charge in [0.05, 0.1) is 0 Å². The van der Waals surface area contributed by atoms with Crippen LogP contribution in [-0.2, 0) is 26.4 Å². The zero-order chi connectivity index (χ0) is 25.8. The Labute approximate surface area is 214 Å². The summed E-state index contributed by atoms with van der Waals surface area (Å²) in [5.41, 5.74) is 15.6. The van der Waals surface area contributed by atoms with Gasteiger partial charge >= 0.3 is 0 Å². The maximum Gasteiger partial charge on any atom is 0.0480 e. The van der Waals surface area contributed by atoms with E-state index in [1.807, 2.05) is 6.66 Å². The maximum absolute atomic E-state index is 5.47. The van der Waals surface area contributed by atoms with Crippen LogP contribution in [0.3, 0.4) is 0 Å². The van der Waals surface area contributed by atoms with Crippen LogP contribution in [0.5, 0.6) is 0 Å². The minimum absolute atomic E-state index is 0.647. The summed E-state index contributed by atoms with van der Waals surface area (Å²) in [4.78, 5) is 0. The van der Waals surface area contributed by atoms with E-state index in [9.17, 15) is 0 Å². The lowest BCUT2D eigenvalue weighted by Gasteiger charge is -2.11. The first-order valence-electron chi connectivity index (χ1n) is 12.2. The number of allylic oxidation sites excluding steroid dienone is 3. The van der Waals surface area contributed by atoms with Crippen LogP contribution >= 0.6 is 9.24 Å². The SMILES string of the molecule is C=C(C)/C(=C/Cc1cn(C)c2ccccc12)c1ccccc1C.CCc1cccc(CN)c1.CP. The van der Waals surface area contributed by atoms with Gasteiger partial charge in [0, 0.05) is 30.7 Å². The third-order valence-corrected chi connectivity index (χ3v) is 6.04. The predicted octanol–water partition coefficient (Wildman–Crippen LogP) is 7.89. The molecule has 0 aliphatic rings. The van der Waals surface area contributed by atoms with E-state index in [2.05, 4.69) is 133 Å². The highest BCUT2D eigenvalue weighted by atomic mass is 31.0. The molecule has 3 aromatic carbocycles. The van der Waals surface area contributed by atoms with Crippen LogP contribution in [0.4, 0.5) is 0 Å². The number of hydrogen-bond donors (Lipinski definition) is 1. The standard InChI is InChI=1S/C22H23N.C9H13N.CH5P/c1-16(2)19(20-10-6-5-9-17(20)3)14-13-18-15-23(4)22-12-8-7-11-21(18)22;1-2-8-4-3-5-9(6-8)7-10;1-2/h5-12,14-15H,1,13H2,2-4H3;3-6H,2,7,10H2,1H3;2H2,1H3/b19-14-;;. The number of benzene rings is 3. The fourth-order valence-corrected chi connectivity index (χ4v) is 4.17. The molecule has 1 atom stereocenters. The molecule has 4 rings (SSSR count). The van der Waals surface area contributed by atoms with Gasteiger partial charge in [0.1, 0.15) is 0 Å². The Bertz CT molecular complexity index is 1240. The zero-order valence-electron chi connectivity index (χ0n) is 22.0. The van der Waals surface area contributed by atoms with Crippen molar-refractivity contribution < 1.29 is 0 Å². The van der Waals surface area contributed by atoms with Gasteiger partial charge in [0.15, 0.2) is 0 Å². The Morgan fingerprint density at radius 1 is 0.971 bits per heavy atom. The van der Waals surface area contributed by atoms with Crippen LogP contribution in [0.2, 0.25) is 0 Å². The first kappa shape index (κ1) is 28.3. The first-order valence-corrected chi connectivity index (χ1v) is 13.4. The Morgan fingerprint density at radius 2 is 1.63 bits per heavy atom. The number of nitrogens with two attached hydrogens (primary N) is 1. The number of hydrogen-bond acceptors (Lipinski definition) is 1. The van der Waals surface area contributed by atoms with Gasteiger partial charge in [-0.05, 0) is 66.1 Å². The minimum atomic E-state index is 0.647. The van der Waals surface area contributed by atoms with Crippen LogP contribution in [0.25, 0.3) is 16.5 Å². The van der Waals surface area contributed by atoms with Crippen molar-refractivity contribution in [1.82, 2.24) is 4.57 Å². The van der Waals surface area contributed by atoms with E-state index in [0.29, 0.717) is 6.54 Å². The second-order valence-corrected chi connectivity index (χ2v) is 8.58. The fourth-order valence-electron chi connectivity index (χ4n) is 4.17. The highest BCUT2D eigenvalue weighted by molar-refractivity contribution is 7.15. The lowest BCUT2D eigenvalue weighted by Crippen LogP contribution is -1.96. The molecule has 35 heavy (non-hydrogen) atoms. The Kier molecular flexibility index (Phi) is 11.7. The van der Waals surface area contributed by atoms with Crippen molar-refractivity contribution >= 4 is 25.7 Å². The Balaban J connectivity index is 0.000000302. The monoisotopic (exact) mass is 484 g/mol. The van der Waals surface area contributed by atoms with Crippen LogP contribution in [-0.4, -0.2) is 11.2 Å². The number of nitrogens with zero attached hydrogens (tertiary/aromatic N) is 1. The van der Waals surface area contributed by atoms with Gasteiger partial charge in [-0.15, -0.1) is 9.24 Å². The maximum atomic E-state index is 5.47. The van der Waals surface area contributed by atoms with Crippen LogP contribution in [0.15, 0.2) is 97.2 Å². The molecule has 0 radical (unpaired) electrons. The molecule has 2 N–H and O–H groups in total. The van der Waals surface area contributed by atoms with E-state index < -0.39 is 0 Å². The molecule has 0 amide bonds. The largest absolute Gasteiger partial charge is 0.350 e. The Morgan fingerprint density at radius 3 is 2.29 bits per heavy atom. The zero-order valence-corrected chi connectivity index (χ0v) is 23.2.